The first-order valence-corrected chi connectivity index (χ1v) is 6.66. The van der Waals surface area contributed by atoms with Gasteiger partial charge in [-0.3, -0.25) is 4.79 Å². The highest BCUT2D eigenvalue weighted by atomic mass is 19.1. The van der Waals surface area contributed by atoms with E-state index in [1.165, 1.54) is 19.1 Å². The van der Waals surface area contributed by atoms with Crippen LogP contribution in [0.3, 0.4) is 0 Å². The molecule has 0 spiro atoms. The van der Waals surface area contributed by atoms with E-state index >= 15 is 0 Å². The second-order valence-corrected chi connectivity index (χ2v) is 5.22. The molecule has 1 atom stereocenters. The van der Waals surface area contributed by atoms with Gasteiger partial charge in [0, 0.05) is 0 Å². The number of hydrogen-bond donors (Lipinski definition) is 3. The molecule has 0 heterocycles. The predicted octanol–water partition coefficient (Wildman–Crippen LogP) is 2.45. The lowest BCUT2D eigenvalue weighted by atomic mass is 9.96. The first-order valence-electron chi connectivity index (χ1n) is 6.66. The third kappa shape index (κ3) is 3.62. The van der Waals surface area contributed by atoms with Gasteiger partial charge in [-0.05, 0) is 36.8 Å². The Morgan fingerprint density at radius 3 is 2.35 bits per heavy atom. The number of phenols is 1. The number of amides is 1. The van der Waals surface area contributed by atoms with Crippen LogP contribution < -0.4 is 5.32 Å². The van der Waals surface area contributed by atoms with Gasteiger partial charge in [0.1, 0.15) is 22.8 Å². The van der Waals surface area contributed by atoms with Gasteiger partial charge < -0.3 is 15.5 Å². The van der Waals surface area contributed by atoms with Crippen molar-refractivity contribution in [3.05, 3.63) is 65.0 Å². The standard InChI is InChI=1S/C16H14F3NO3/c1-16(23,9-2-4-10(17)5-3-9)8-20-15(22)13-11(18)6-7-12(21)14(13)19/h2-7,21,23H,8H2,1H3,(H,20,22). The molecule has 1 unspecified atom stereocenters. The maximum Gasteiger partial charge on any atom is 0.257 e. The summed E-state index contributed by atoms with van der Waals surface area (Å²) in [4.78, 5) is 11.9. The number of carbonyl (C=O) groups excluding carboxylic acids is 1. The summed E-state index contributed by atoms with van der Waals surface area (Å²) in [6.45, 7) is 0.988. The summed E-state index contributed by atoms with van der Waals surface area (Å²) >= 11 is 0. The second kappa shape index (κ2) is 6.29. The van der Waals surface area contributed by atoms with Crippen molar-refractivity contribution in [1.29, 1.82) is 0 Å². The van der Waals surface area contributed by atoms with Crippen LogP contribution in [0.1, 0.15) is 22.8 Å². The lowest BCUT2D eigenvalue weighted by Gasteiger charge is -2.24. The Labute approximate surface area is 130 Å². The smallest absolute Gasteiger partial charge is 0.257 e. The maximum absolute atomic E-state index is 13.6. The normalized spacial score (nSPS) is 13.4. The Kier molecular flexibility index (Phi) is 4.60. The van der Waals surface area contributed by atoms with E-state index in [2.05, 4.69) is 5.32 Å². The molecule has 4 nitrogen and oxygen atoms in total. The third-order valence-corrected chi connectivity index (χ3v) is 3.36. The fourth-order valence-electron chi connectivity index (χ4n) is 2.00. The van der Waals surface area contributed by atoms with Gasteiger partial charge in [-0.15, -0.1) is 0 Å². The SMILES string of the molecule is CC(O)(CNC(=O)c1c(F)ccc(O)c1F)c1ccc(F)cc1. The fraction of sp³-hybridized carbons (Fsp3) is 0.188. The van der Waals surface area contributed by atoms with Crippen LogP contribution in [-0.2, 0) is 5.60 Å². The van der Waals surface area contributed by atoms with E-state index in [0.29, 0.717) is 5.56 Å². The summed E-state index contributed by atoms with van der Waals surface area (Å²) in [5.41, 5.74) is -2.20. The minimum atomic E-state index is -1.58. The van der Waals surface area contributed by atoms with E-state index in [4.69, 9.17) is 0 Å². The van der Waals surface area contributed by atoms with E-state index < -0.39 is 40.3 Å². The molecule has 2 aromatic carbocycles. The number of carbonyl (C=O) groups is 1. The highest BCUT2D eigenvalue weighted by molar-refractivity contribution is 5.95. The molecule has 7 heteroatoms. The molecule has 0 aliphatic heterocycles. The van der Waals surface area contributed by atoms with Gasteiger partial charge in [0.2, 0.25) is 0 Å². The minimum Gasteiger partial charge on any atom is -0.505 e. The summed E-state index contributed by atoms with van der Waals surface area (Å²) in [6.07, 6.45) is 0. The third-order valence-electron chi connectivity index (χ3n) is 3.36. The molecule has 0 fully saturated rings. The van der Waals surface area contributed by atoms with Gasteiger partial charge in [-0.25, -0.2) is 13.2 Å². The molecule has 0 aromatic heterocycles. The molecule has 0 aliphatic rings. The number of rotatable bonds is 4. The van der Waals surface area contributed by atoms with Crippen molar-refractivity contribution in [3.8, 4) is 5.75 Å². The molecule has 0 bridgehead atoms. The van der Waals surface area contributed by atoms with Crippen LogP contribution in [-0.4, -0.2) is 22.7 Å². The van der Waals surface area contributed by atoms with Gasteiger partial charge in [-0.2, -0.15) is 0 Å². The van der Waals surface area contributed by atoms with Gasteiger partial charge in [0.05, 0.1) is 6.54 Å². The number of benzene rings is 2. The molecular weight excluding hydrogens is 311 g/mol. The lowest BCUT2D eigenvalue weighted by Crippen LogP contribution is -2.39. The van der Waals surface area contributed by atoms with Crippen LogP contribution in [0.25, 0.3) is 0 Å². The topological polar surface area (TPSA) is 69.6 Å². The van der Waals surface area contributed by atoms with Crippen LogP contribution in [0.15, 0.2) is 36.4 Å². The van der Waals surface area contributed by atoms with E-state index in [1.807, 2.05) is 0 Å². The van der Waals surface area contributed by atoms with E-state index in [1.54, 1.807) is 0 Å². The van der Waals surface area contributed by atoms with Gasteiger partial charge in [0.25, 0.3) is 5.91 Å². The highest BCUT2D eigenvalue weighted by Gasteiger charge is 2.26. The molecule has 0 aliphatic carbocycles. The molecule has 2 aromatic rings. The Bertz CT molecular complexity index is 730. The molecule has 1 amide bonds. The van der Waals surface area contributed by atoms with Crippen molar-refractivity contribution in [3.63, 3.8) is 0 Å². The summed E-state index contributed by atoms with van der Waals surface area (Å²) in [5.74, 6) is -5.00. The monoisotopic (exact) mass is 325 g/mol. The molecule has 23 heavy (non-hydrogen) atoms. The van der Waals surface area contributed by atoms with Crippen molar-refractivity contribution < 1.29 is 28.2 Å². The summed E-state index contributed by atoms with van der Waals surface area (Å²) in [5, 5.41) is 21.7. The Morgan fingerprint density at radius 1 is 1.13 bits per heavy atom. The first-order chi connectivity index (χ1) is 10.7. The average molecular weight is 325 g/mol. The van der Waals surface area contributed by atoms with E-state index in [-0.39, 0.29) is 6.54 Å². The zero-order valence-corrected chi connectivity index (χ0v) is 12.1. The van der Waals surface area contributed by atoms with E-state index in [0.717, 1.165) is 24.3 Å². The van der Waals surface area contributed by atoms with Crippen molar-refractivity contribution in [2.75, 3.05) is 6.54 Å². The van der Waals surface area contributed by atoms with Gasteiger partial charge in [-0.1, -0.05) is 12.1 Å². The quantitative estimate of drug-likeness (QED) is 0.809. The summed E-state index contributed by atoms with van der Waals surface area (Å²) in [7, 11) is 0. The van der Waals surface area contributed by atoms with Crippen LogP contribution >= 0.6 is 0 Å². The number of nitrogens with one attached hydrogen (secondary N) is 1. The summed E-state index contributed by atoms with van der Waals surface area (Å²) in [6, 6.07) is 6.48. The lowest BCUT2D eigenvalue weighted by molar-refractivity contribution is 0.0523. The molecular formula is C16H14F3NO3. The van der Waals surface area contributed by atoms with Crippen LogP contribution in [0.2, 0.25) is 0 Å². The average Bonchev–Trinajstić information content (AvgIpc) is 2.50. The molecule has 2 rings (SSSR count). The molecule has 0 radical (unpaired) electrons. The largest absolute Gasteiger partial charge is 0.505 e. The number of aliphatic hydroxyl groups is 1. The molecule has 0 saturated carbocycles. The van der Waals surface area contributed by atoms with Crippen LogP contribution in [0.5, 0.6) is 5.75 Å². The first kappa shape index (κ1) is 16.8. The zero-order valence-electron chi connectivity index (χ0n) is 12.1. The maximum atomic E-state index is 13.6. The minimum absolute atomic E-state index is 0.316. The number of aromatic hydroxyl groups is 1. The Morgan fingerprint density at radius 2 is 1.74 bits per heavy atom. The zero-order chi connectivity index (χ0) is 17.2. The molecule has 122 valence electrons. The number of hydrogen-bond acceptors (Lipinski definition) is 3. The number of halogens is 3. The van der Waals surface area contributed by atoms with Crippen LogP contribution in [0, 0.1) is 17.5 Å². The van der Waals surface area contributed by atoms with Gasteiger partial charge >= 0.3 is 0 Å². The Hall–Kier alpha value is -2.54. The molecule has 0 saturated heterocycles. The van der Waals surface area contributed by atoms with Crippen molar-refractivity contribution >= 4 is 5.91 Å². The second-order valence-electron chi connectivity index (χ2n) is 5.22. The van der Waals surface area contributed by atoms with Crippen molar-refractivity contribution in [2.45, 2.75) is 12.5 Å². The van der Waals surface area contributed by atoms with Crippen molar-refractivity contribution in [1.82, 2.24) is 5.32 Å². The predicted molar refractivity (Wildman–Crippen MR) is 76.3 cm³/mol. The summed E-state index contributed by atoms with van der Waals surface area (Å²) < 4.78 is 40.1. The van der Waals surface area contributed by atoms with E-state index in [9.17, 15) is 28.2 Å². The molecule has 3 N–H and O–H groups in total. The van der Waals surface area contributed by atoms with Crippen molar-refractivity contribution in [2.24, 2.45) is 0 Å². The fourth-order valence-corrected chi connectivity index (χ4v) is 2.00. The van der Waals surface area contributed by atoms with Gasteiger partial charge in [0.15, 0.2) is 11.6 Å². The highest BCUT2D eigenvalue weighted by Crippen LogP contribution is 2.23. The van der Waals surface area contributed by atoms with Crippen LogP contribution in [0.4, 0.5) is 13.2 Å². The Balaban J connectivity index is 2.15. The number of phenolic OH excluding ortho intramolecular Hbond substituents is 1.